The number of hydrogen-bond acceptors (Lipinski definition) is 3. The van der Waals surface area contributed by atoms with Crippen molar-refractivity contribution in [1.82, 2.24) is 5.43 Å². The van der Waals surface area contributed by atoms with Crippen LogP contribution in [0.2, 0.25) is 10.0 Å². The number of hydrogen-bond donors (Lipinski definition) is 1. The van der Waals surface area contributed by atoms with E-state index in [-0.39, 0.29) is 22.1 Å². The zero-order valence-corrected chi connectivity index (χ0v) is 14.2. The zero-order chi connectivity index (χ0) is 17.6. The van der Waals surface area contributed by atoms with Gasteiger partial charge in [-0.2, -0.15) is 5.10 Å². The molecule has 0 bridgehead atoms. The Morgan fingerprint density at radius 2 is 1.68 bits per heavy atom. The number of halogens is 2. The van der Waals surface area contributed by atoms with Gasteiger partial charge in [-0.3, -0.25) is 9.59 Å². The van der Waals surface area contributed by atoms with Crippen LogP contribution in [-0.4, -0.2) is 17.4 Å². The van der Waals surface area contributed by atoms with Crippen molar-refractivity contribution in [2.24, 2.45) is 5.10 Å². The molecule has 6 heteroatoms. The minimum Gasteiger partial charge on any atom is -0.287 e. The molecular formula is C19H10Cl2N2O2. The Morgan fingerprint density at radius 1 is 0.960 bits per heavy atom. The third kappa shape index (κ3) is 2.60. The van der Waals surface area contributed by atoms with Gasteiger partial charge in [0.05, 0.1) is 10.6 Å². The normalized spacial score (nSPS) is 14.3. The minimum absolute atomic E-state index is 0.194. The second kappa shape index (κ2) is 5.99. The van der Waals surface area contributed by atoms with Crippen LogP contribution in [0.15, 0.2) is 59.7 Å². The van der Waals surface area contributed by atoms with E-state index in [4.69, 9.17) is 23.2 Å². The van der Waals surface area contributed by atoms with E-state index in [1.165, 1.54) is 12.1 Å². The van der Waals surface area contributed by atoms with Crippen LogP contribution in [0, 0.1) is 0 Å². The number of ketones is 1. The van der Waals surface area contributed by atoms with Crippen LogP contribution in [0.3, 0.4) is 0 Å². The molecule has 1 aliphatic carbocycles. The molecule has 1 amide bonds. The molecule has 0 saturated heterocycles. The van der Waals surface area contributed by atoms with Crippen LogP contribution < -0.4 is 5.43 Å². The summed E-state index contributed by atoms with van der Waals surface area (Å²) in [5, 5.41) is 6.50. The monoisotopic (exact) mass is 368 g/mol. The molecule has 0 radical (unpaired) electrons. The summed E-state index contributed by atoms with van der Waals surface area (Å²) in [5.41, 5.74) is 4.09. The molecule has 0 unspecified atom stereocenters. The number of nitrogens with one attached hydrogen (secondary N) is 1. The van der Waals surface area contributed by atoms with Crippen molar-refractivity contribution in [2.75, 3.05) is 0 Å². The number of nitrogens with zero attached hydrogens (tertiary/aromatic N) is 1. The predicted molar refractivity (Wildman–Crippen MR) is 98.7 cm³/mol. The van der Waals surface area contributed by atoms with Crippen LogP contribution >= 0.6 is 23.2 Å². The Morgan fingerprint density at radius 3 is 2.44 bits per heavy atom. The molecule has 0 spiro atoms. The van der Waals surface area contributed by atoms with Crippen LogP contribution in [0.4, 0.5) is 0 Å². The lowest BCUT2D eigenvalue weighted by Crippen LogP contribution is -2.22. The predicted octanol–water partition coefficient (Wildman–Crippen LogP) is 4.48. The number of benzene rings is 3. The maximum absolute atomic E-state index is 12.6. The van der Waals surface area contributed by atoms with Gasteiger partial charge in [-0.15, -0.1) is 0 Å². The van der Waals surface area contributed by atoms with Crippen molar-refractivity contribution in [3.8, 4) is 0 Å². The number of carbonyl (C=O) groups excluding carboxylic acids is 2. The highest BCUT2D eigenvalue weighted by atomic mass is 35.5. The number of Topliss-reactive ketones (excluding diaryl/α,β-unsaturated/α-hetero) is 1. The third-order valence-corrected chi connectivity index (χ3v) is 4.63. The molecule has 0 aromatic heterocycles. The SMILES string of the molecule is O=C(N/N=C1\C(=O)c2cccc3cccc1c23)c1cc(Cl)ccc1Cl. The standard InChI is InChI=1S/C19H10Cl2N2O2/c20-11-7-8-15(21)14(9-11)19(25)23-22-17-12-5-1-3-10-4-2-6-13(16(10)12)18(17)24/h1-9H,(H,23,25)/b22-17-. The van der Waals surface area contributed by atoms with E-state index in [0.717, 1.165) is 10.8 Å². The summed E-state index contributed by atoms with van der Waals surface area (Å²) in [7, 11) is 0. The molecule has 1 N–H and O–H groups in total. The van der Waals surface area contributed by atoms with Crippen molar-refractivity contribution < 1.29 is 9.59 Å². The van der Waals surface area contributed by atoms with E-state index in [9.17, 15) is 9.59 Å². The summed E-state index contributed by atoms with van der Waals surface area (Å²) in [5.74, 6) is -0.750. The molecule has 3 aromatic carbocycles. The summed E-state index contributed by atoms with van der Waals surface area (Å²) in [6, 6.07) is 15.7. The van der Waals surface area contributed by atoms with Crippen LogP contribution in [0.1, 0.15) is 26.3 Å². The Hall–Kier alpha value is -2.69. The van der Waals surface area contributed by atoms with Gasteiger partial charge >= 0.3 is 0 Å². The first-order valence-electron chi connectivity index (χ1n) is 7.46. The summed E-state index contributed by atoms with van der Waals surface area (Å²) in [4.78, 5) is 24.9. The summed E-state index contributed by atoms with van der Waals surface area (Å²) < 4.78 is 0. The van der Waals surface area contributed by atoms with Gasteiger partial charge in [-0.05, 0) is 23.6 Å². The quantitative estimate of drug-likeness (QED) is 0.678. The fourth-order valence-electron chi connectivity index (χ4n) is 2.93. The largest absolute Gasteiger partial charge is 0.287 e. The Labute approximate surface area is 153 Å². The molecular weight excluding hydrogens is 359 g/mol. The molecule has 0 heterocycles. The van der Waals surface area contributed by atoms with E-state index < -0.39 is 5.91 Å². The molecule has 0 saturated carbocycles. The third-order valence-electron chi connectivity index (χ3n) is 4.06. The lowest BCUT2D eigenvalue weighted by atomic mass is 10.1. The van der Waals surface area contributed by atoms with Gasteiger partial charge < -0.3 is 0 Å². The van der Waals surface area contributed by atoms with Gasteiger partial charge in [0.15, 0.2) is 0 Å². The van der Waals surface area contributed by atoms with Gasteiger partial charge in [-0.25, -0.2) is 5.43 Å². The maximum Gasteiger partial charge on any atom is 0.272 e. The van der Waals surface area contributed by atoms with Crippen LogP contribution in [-0.2, 0) is 0 Å². The Bertz CT molecular complexity index is 1080. The zero-order valence-electron chi connectivity index (χ0n) is 12.7. The van der Waals surface area contributed by atoms with Crippen molar-refractivity contribution in [3.05, 3.63) is 81.3 Å². The summed E-state index contributed by atoms with van der Waals surface area (Å²) in [6.07, 6.45) is 0. The van der Waals surface area contributed by atoms with Gasteiger partial charge in [0.1, 0.15) is 5.71 Å². The number of amides is 1. The Balaban J connectivity index is 1.72. The van der Waals surface area contributed by atoms with Crippen molar-refractivity contribution in [2.45, 2.75) is 0 Å². The molecule has 4 nitrogen and oxygen atoms in total. The van der Waals surface area contributed by atoms with Crippen molar-refractivity contribution in [1.29, 1.82) is 0 Å². The number of carbonyl (C=O) groups is 2. The highest BCUT2D eigenvalue weighted by molar-refractivity contribution is 6.59. The lowest BCUT2D eigenvalue weighted by molar-refractivity contribution is 0.0955. The van der Waals surface area contributed by atoms with Gasteiger partial charge in [0.25, 0.3) is 5.91 Å². The van der Waals surface area contributed by atoms with Crippen molar-refractivity contribution >= 4 is 51.4 Å². The molecule has 4 rings (SSSR count). The lowest BCUT2D eigenvalue weighted by Gasteiger charge is -2.04. The molecule has 3 aromatic rings. The van der Waals surface area contributed by atoms with E-state index in [2.05, 4.69) is 10.5 Å². The number of rotatable bonds is 2. The molecule has 1 aliphatic rings. The van der Waals surface area contributed by atoms with Crippen molar-refractivity contribution in [3.63, 3.8) is 0 Å². The van der Waals surface area contributed by atoms with Crippen LogP contribution in [0.25, 0.3) is 10.8 Å². The molecule has 0 aliphatic heterocycles. The summed E-state index contributed by atoms with van der Waals surface area (Å²) in [6.45, 7) is 0. The average Bonchev–Trinajstić information content (AvgIpc) is 2.89. The topological polar surface area (TPSA) is 58.5 Å². The number of hydrazone groups is 1. The molecule has 0 fully saturated rings. The molecule has 0 atom stereocenters. The van der Waals surface area contributed by atoms with E-state index in [1.807, 2.05) is 30.3 Å². The highest BCUT2D eigenvalue weighted by Crippen LogP contribution is 2.30. The van der Waals surface area contributed by atoms with Gasteiger partial charge in [-0.1, -0.05) is 59.6 Å². The highest BCUT2D eigenvalue weighted by Gasteiger charge is 2.29. The minimum atomic E-state index is -0.532. The average molecular weight is 369 g/mol. The summed E-state index contributed by atoms with van der Waals surface area (Å²) >= 11 is 11.9. The maximum atomic E-state index is 12.6. The second-order valence-electron chi connectivity index (χ2n) is 5.56. The Kier molecular flexibility index (Phi) is 3.79. The van der Waals surface area contributed by atoms with E-state index in [0.29, 0.717) is 16.1 Å². The first kappa shape index (κ1) is 15.8. The second-order valence-corrected chi connectivity index (χ2v) is 6.41. The smallest absolute Gasteiger partial charge is 0.272 e. The van der Waals surface area contributed by atoms with Crippen LogP contribution in [0.5, 0.6) is 0 Å². The van der Waals surface area contributed by atoms with Gasteiger partial charge in [0.2, 0.25) is 5.78 Å². The first-order chi connectivity index (χ1) is 12.1. The molecule has 25 heavy (non-hydrogen) atoms. The van der Waals surface area contributed by atoms with E-state index in [1.54, 1.807) is 12.1 Å². The van der Waals surface area contributed by atoms with Gasteiger partial charge in [0, 0.05) is 21.5 Å². The van der Waals surface area contributed by atoms with E-state index >= 15 is 0 Å². The molecule has 122 valence electrons. The fraction of sp³-hybridized carbons (Fsp3) is 0. The fourth-order valence-corrected chi connectivity index (χ4v) is 3.30. The first-order valence-corrected chi connectivity index (χ1v) is 8.22.